The number of aryl methyl sites for hydroxylation is 1. The van der Waals surface area contributed by atoms with Crippen molar-refractivity contribution < 1.29 is 24.5 Å². The van der Waals surface area contributed by atoms with Gasteiger partial charge in [0.2, 0.25) is 0 Å². The highest BCUT2D eigenvalue weighted by Gasteiger charge is 2.48. The van der Waals surface area contributed by atoms with Gasteiger partial charge in [-0.2, -0.15) is 0 Å². The van der Waals surface area contributed by atoms with Gasteiger partial charge < -0.3 is 19.8 Å². The van der Waals surface area contributed by atoms with Crippen LogP contribution < -0.4 is 4.74 Å². The Morgan fingerprint density at radius 1 is 1.03 bits per heavy atom. The van der Waals surface area contributed by atoms with Crippen LogP contribution in [0, 0.1) is 6.92 Å². The van der Waals surface area contributed by atoms with E-state index in [9.17, 15) is 19.8 Å². The molecule has 33 heavy (non-hydrogen) atoms. The second-order valence-electron chi connectivity index (χ2n) is 9.24. The molecule has 0 bridgehead atoms. The molecule has 2 aromatic rings. The zero-order valence-electron chi connectivity index (χ0n) is 19.4. The van der Waals surface area contributed by atoms with E-state index in [0.29, 0.717) is 16.9 Å². The minimum Gasteiger partial charge on any atom is -0.508 e. The van der Waals surface area contributed by atoms with Crippen LogP contribution in [0.15, 0.2) is 48.0 Å². The third-order valence-corrected chi connectivity index (χ3v) is 6.47. The van der Waals surface area contributed by atoms with E-state index >= 15 is 0 Å². The van der Waals surface area contributed by atoms with Crippen molar-refractivity contribution in [3.05, 3.63) is 64.7 Å². The molecule has 0 radical (unpaired) electrons. The summed E-state index contributed by atoms with van der Waals surface area (Å²) in [5, 5.41) is 21.1. The van der Waals surface area contributed by atoms with Crippen molar-refractivity contribution in [2.24, 2.45) is 0 Å². The Bertz CT molecular complexity index is 1080. The number of rotatable bonds is 5. The highest BCUT2D eigenvalue weighted by atomic mass is 16.5. The number of carbonyl (C=O) groups is 2. The number of benzene rings is 2. The minimum atomic E-state index is -0.694. The Kier molecular flexibility index (Phi) is 6.45. The van der Waals surface area contributed by atoms with E-state index in [2.05, 4.69) is 0 Å². The highest BCUT2D eigenvalue weighted by molar-refractivity contribution is 6.46. The summed E-state index contributed by atoms with van der Waals surface area (Å²) in [5.74, 6) is -0.623. The Hall–Kier alpha value is -3.28. The lowest BCUT2D eigenvalue weighted by molar-refractivity contribution is -0.141. The molecule has 1 saturated carbocycles. The number of aliphatic hydroxyl groups is 1. The molecule has 0 aromatic heterocycles. The number of aliphatic hydroxyl groups excluding tert-OH is 1. The average molecular weight is 450 g/mol. The van der Waals surface area contributed by atoms with Crippen LogP contribution >= 0.6 is 0 Å². The highest BCUT2D eigenvalue weighted by Crippen LogP contribution is 2.43. The van der Waals surface area contributed by atoms with Crippen LogP contribution in [0.5, 0.6) is 11.5 Å². The lowest BCUT2D eigenvalue weighted by atomic mass is 9.91. The molecular formula is C27H31NO5. The summed E-state index contributed by atoms with van der Waals surface area (Å²) < 4.78 is 5.79. The van der Waals surface area contributed by atoms with Gasteiger partial charge in [-0.15, -0.1) is 0 Å². The van der Waals surface area contributed by atoms with Crippen molar-refractivity contribution in [1.29, 1.82) is 0 Å². The van der Waals surface area contributed by atoms with E-state index in [1.54, 1.807) is 47.4 Å². The standard InChI is InChI=1S/C27H31NO5/c1-16(2)33-22-14-11-19(15-17(22)3)25(30)23-24(18-9-12-21(29)13-10-18)28(27(32)26(23)31)20-7-5-4-6-8-20/h9-16,20,24,29-30H,4-8H2,1-3H3/b25-23-. The van der Waals surface area contributed by atoms with Gasteiger partial charge in [0, 0.05) is 11.6 Å². The second kappa shape index (κ2) is 9.30. The van der Waals surface area contributed by atoms with Crippen molar-refractivity contribution in [2.45, 2.75) is 71.1 Å². The number of phenolic OH excluding ortho intramolecular Hbond substituents is 1. The van der Waals surface area contributed by atoms with Crippen LogP contribution in [0.4, 0.5) is 0 Å². The predicted octanol–water partition coefficient (Wildman–Crippen LogP) is 5.24. The molecule has 0 spiro atoms. The number of amides is 1. The topological polar surface area (TPSA) is 87.1 Å². The molecule has 1 amide bonds. The summed E-state index contributed by atoms with van der Waals surface area (Å²) in [6.45, 7) is 5.77. The molecule has 1 atom stereocenters. The number of phenols is 1. The Morgan fingerprint density at radius 2 is 1.70 bits per heavy atom. The zero-order valence-corrected chi connectivity index (χ0v) is 19.4. The number of carbonyl (C=O) groups excluding carboxylic acids is 2. The maximum absolute atomic E-state index is 13.2. The maximum Gasteiger partial charge on any atom is 0.295 e. The first-order valence-electron chi connectivity index (χ1n) is 11.6. The number of nitrogens with zero attached hydrogens (tertiary/aromatic N) is 1. The SMILES string of the molecule is Cc1cc(/C(O)=C2/C(=O)C(=O)N(C3CCCCC3)C2c2ccc(O)cc2)ccc1OC(C)C. The smallest absolute Gasteiger partial charge is 0.295 e. The Morgan fingerprint density at radius 3 is 2.30 bits per heavy atom. The summed E-state index contributed by atoms with van der Waals surface area (Å²) >= 11 is 0. The third kappa shape index (κ3) is 4.47. The van der Waals surface area contributed by atoms with Crippen molar-refractivity contribution in [1.82, 2.24) is 4.90 Å². The number of hydrogen-bond donors (Lipinski definition) is 2. The zero-order chi connectivity index (χ0) is 23.7. The Labute approximate surface area is 194 Å². The average Bonchev–Trinajstić information content (AvgIpc) is 3.06. The van der Waals surface area contributed by atoms with Gasteiger partial charge in [-0.1, -0.05) is 31.4 Å². The van der Waals surface area contributed by atoms with Crippen molar-refractivity contribution in [3.63, 3.8) is 0 Å². The molecule has 6 heteroatoms. The molecule has 2 fully saturated rings. The van der Waals surface area contributed by atoms with Gasteiger partial charge in [-0.3, -0.25) is 9.59 Å². The van der Waals surface area contributed by atoms with Crippen LogP contribution in [0.3, 0.4) is 0 Å². The lowest BCUT2D eigenvalue weighted by Crippen LogP contribution is -2.40. The summed E-state index contributed by atoms with van der Waals surface area (Å²) in [6, 6.07) is 11.0. The maximum atomic E-state index is 13.2. The summed E-state index contributed by atoms with van der Waals surface area (Å²) in [7, 11) is 0. The fraction of sp³-hybridized carbons (Fsp3) is 0.407. The molecule has 6 nitrogen and oxygen atoms in total. The second-order valence-corrected chi connectivity index (χ2v) is 9.24. The quantitative estimate of drug-likeness (QED) is 0.370. The summed E-state index contributed by atoms with van der Waals surface area (Å²) in [6.07, 6.45) is 4.82. The van der Waals surface area contributed by atoms with Crippen molar-refractivity contribution >= 4 is 17.4 Å². The number of aromatic hydroxyl groups is 1. The Balaban J connectivity index is 1.82. The number of hydrogen-bond acceptors (Lipinski definition) is 5. The molecule has 1 saturated heterocycles. The van der Waals surface area contributed by atoms with Gasteiger partial charge in [-0.25, -0.2) is 0 Å². The molecule has 1 unspecified atom stereocenters. The fourth-order valence-electron chi connectivity index (χ4n) is 4.91. The predicted molar refractivity (Wildman–Crippen MR) is 126 cm³/mol. The molecule has 1 aliphatic heterocycles. The van der Waals surface area contributed by atoms with E-state index in [1.165, 1.54) is 0 Å². The molecule has 4 rings (SSSR count). The molecule has 1 aliphatic carbocycles. The lowest BCUT2D eigenvalue weighted by Gasteiger charge is -2.35. The van der Waals surface area contributed by atoms with E-state index in [0.717, 1.165) is 37.7 Å². The fourth-order valence-corrected chi connectivity index (χ4v) is 4.91. The minimum absolute atomic E-state index is 0.0125. The third-order valence-electron chi connectivity index (χ3n) is 6.47. The first kappa shape index (κ1) is 22.9. The normalized spacial score (nSPS) is 21.1. The summed E-state index contributed by atoms with van der Waals surface area (Å²) in [5.41, 5.74) is 2.08. The molecule has 2 aromatic carbocycles. The number of Topliss-reactive ketones (excluding diaryl/α,β-unsaturated/α-hetero) is 1. The van der Waals surface area contributed by atoms with Gasteiger partial charge >= 0.3 is 0 Å². The molecule has 1 heterocycles. The first-order chi connectivity index (χ1) is 15.8. The number of likely N-dealkylation sites (tertiary alicyclic amines) is 1. The van der Waals surface area contributed by atoms with Crippen molar-refractivity contribution in [3.8, 4) is 11.5 Å². The van der Waals surface area contributed by atoms with Gasteiger partial charge in [-0.05, 0) is 75.1 Å². The van der Waals surface area contributed by atoms with E-state index in [1.807, 2.05) is 20.8 Å². The van der Waals surface area contributed by atoms with Crippen molar-refractivity contribution in [2.75, 3.05) is 0 Å². The first-order valence-corrected chi connectivity index (χ1v) is 11.6. The van der Waals surface area contributed by atoms with Crippen LogP contribution in [0.25, 0.3) is 5.76 Å². The van der Waals surface area contributed by atoms with Crippen LogP contribution in [-0.2, 0) is 9.59 Å². The molecule has 2 aliphatic rings. The van der Waals surface area contributed by atoms with Gasteiger partial charge in [0.25, 0.3) is 11.7 Å². The van der Waals surface area contributed by atoms with E-state index < -0.39 is 17.7 Å². The van der Waals surface area contributed by atoms with Crippen LogP contribution in [-0.4, -0.2) is 38.9 Å². The molecular weight excluding hydrogens is 418 g/mol. The van der Waals surface area contributed by atoms with Crippen LogP contribution in [0.2, 0.25) is 0 Å². The molecule has 174 valence electrons. The van der Waals surface area contributed by atoms with Gasteiger partial charge in [0.15, 0.2) is 0 Å². The molecule has 2 N–H and O–H groups in total. The number of ether oxygens (including phenoxy) is 1. The number of ketones is 1. The largest absolute Gasteiger partial charge is 0.508 e. The van der Waals surface area contributed by atoms with E-state index in [-0.39, 0.29) is 29.2 Å². The van der Waals surface area contributed by atoms with Gasteiger partial charge in [0.1, 0.15) is 17.3 Å². The van der Waals surface area contributed by atoms with Gasteiger partial charge in [0.05, 0.1) is 17.7 Å². The summed E-state index contributed by atoms with van der Waals surface area (Å²) in [4.78, 5) is 28.1. The monoisotopic (exact) mass is 449 g/mol. The van der Waals surface area contributed by atoms with Crippen LogP contribution in [0.1, 0.15) is 68.7 Å². The van der Waals surface area contributed by atoms with E-state index in [4.69, 9.17) is 4.74 Å².